The Hall–Kier alpha value is -1.83. The van der Waals surface area contributed by atoms with Crippen LogP contribution in [0, 0.1) is 11.7 Å². The van der Waals surface area contributed by atoms with Crippen molar-refractivity contribution in [3.63, 3.8) is 0 Å². The van der Waals surface area contributed by atoms with Crippen LogP contribution in [0.25, 0.3) is 0 Å². The number of hydrogen-bond donors (Lipinski definition) is 0. The number of carbonyl (C=O) groups is 1. The lowest BCUT2D eigenvalue weighted by molar-refractivity contribution is 0.0855. The number of piperidine rings is 1. The number of hydrogen-bond acceptors (Lipinski definition) is 5. The quantitative estimate of drug-likeness (QED) is 0.515. The fraction of sp³-hybridized carbons (Fsp3) is 0.667. The molecule has 2 rings (SSSR count). The lowest BCUT2D eigenvalue weighted by Gasteiger charge is -2.31. The van der Waals surface area contributed by atoms with Crippen molar-refractivity contribution in [1.29, 1.82) is 0 Å². The summed E-state index contributed by atoms with van der Waals surface area (Å²) in [5.41, 5.74) is 0. The van der Waals surface area contributed by atoms with Gasteiger partial charge in [0, 0.05) is 25.4 Å². The molecular formula is C21H32FNO5S. The first kappa shape index (κ1) is 23.4. The van der Waals surface area contributed by atoms with E-state index in [1.165, 1.54) is 12.1 Å². The van der Waals surface area contributed by atoms with Crippen LogP contribution in [-0.2, 0) is 14.6 Å². The van der Waals surface area contributed by atoms with Gasteiger partial charge < -0.3 is 14.4 Å². The van der Waals surface area contributed by atoms with Crippen molar-refractivity contribution in [2.24, 2.45) is 5.92 Å². The highest BCUT2D eigenvalue weighted by Crippen LogP contribution is 2.24. The minimum Gasteiger partial charge on any atom is -0.493 e. The van der Waals surface area contributed by atoms with Crippen molar-refractivity contribution in [1.82, 2.24) is 4.90 Å². The lowest BCUT2D eigenvalue weighted by Crippen LogP contribution is -2.38. The molecule has 1 aliphatic heterocycles. The summed E-state index contributed by atoms with van der Waals surface area (Å²) in [4.78, 5) is 13.4. The van der Waals surface area contributed by atoms with E-state index in [2.05, 4.69) is 6.92 Å². The monoisotopic (exact) mass is 429 g/mol. The molecular weight excluding hydrogens is 397 g/mol. The molecule has 8 heteroatoms. The highest BCUT2D eigenvalue weighted by molar-refractivity contribution is 7.90. The Bertz CT molecular complexity index is 760. The Balaban J connectivity index is 1.61. The summed E-state index contributed by atoms with van der Waals surface area (Å²) >= 11 is 0. The number of halogens is 1. The predicted octanol–water partition coefficient (Wildman–Crippen LogP) is 4.43. The number of amides is 1. The van der Waals surface area contributed by atoms with E-state index in [-0.39, 0.29) is 11.0 Å². The molecule has 0 bridgehead atoms. The molecule has 0 aliphatic carbocycles. The third kappa shape index (κ3) is 7.84. The fourth-order valence-corrected chi connectivity index (χ4v) is 4.12. The number of ether oxygens (including phenoxy) is 2. The van der Waals surface area contributed by atoms with Gasteiger partial charge in [0.1, 0.15) is 16.5 Å². The van der Waals surface area contributed by atoms with Crippen molar-refractivity contribution in [3.05, 3.63) is 24.0 Å². The molecule has 1 aromatic rings. The standard InChI is InChI=1S/C21H32FNO5S/c1-3-4-14-28-21(24)23-12-10-17(11-13-23)7-5-6-15-27-18-8-9-20(19(22)16-18)29(2,25)26/h8-9,16-17H,3-7,10-15H2,1-2H3. The second kappa shape index (κ2) is 11.4. The van der Waals surface area contributed by atoms with E-state index in [4.69, 9.17) is 9.47 Å². The average Bonchev–Trinajstić information content (AvgIpc) is 2.67. The number of benzene rings is 1. The molecule has 1 fully saturated rings. The first-order chi connectivity index (χ1) is 13.8. The van der Waals surface area contributed by atoms with Crippen molar-refractivity contribution < 1.29 is 27.1 Å². The van der Waals surface area contributed by atoms with Gasteiger partial charge in [-0.2, -0.15) is 0 Å². The molecule has 1 saturated heterocycles. The number of nitrogens with zero attached hydrogens (tertiary/aromatic N) is 1. The normalized spacial score (nSPS) is 15.3. The number of rotatable bonds is 10. The van der Waals surface area contributed by atoms with Gasteiger partial charge in [0.15, 0.2) is 9.84 Å². The first-order valence-electron chi connectivity index (χ1n) is 10.4. The van der Waals surface area contributed by atoms with E-state index in [0.29, 0.717) is 24.9 Å². The van der Waals surface area contributed by atoms with Crippen LogP contribution >= 0.6 is 0 Å². The molecule has 0 saturated carbocycles. The van der Waals surface area contributed by atoms with E-state index in [1.54, 1.807) is 4.90 Å². The van der Waals surface area contributed by atoms with Crippen LogP contribution in [0.5, 0.6) is 5.75 Å². The minimum atomic E-state index is -3.57. The van der Waals surface area contributed by atoms with Gasteiger partial charge in [0.05, 0.1) is 13.2 Å². The summed E-state index contributed by atoms with van der Waals surface area (Å²) < 4.78 is 47.5. The Morgan fingerprint density at radius 1 is 1.17 bits per heavy atom. The number of unbranched alkanes of at least 4 members (excludes halogenated alkanes) is 2. The van der Waals surface area contributed by atoms with Gasteiger partial charge >= 0.3 is 6.09 Å². The summed E-state index contributed by atoms with van der Waals surface area (Å²) in [7, 11) is -3.57. The molecule has 1 aliphatic rings. The maximum Gasteiger partial charge on any atom is 0.409 e. The maximum absolute atomic E-state index is 13.8. The summed E-state index contributed by atoms with van der Waals surface area (Å²) in [6.45, 7) is 4.52. The van der Waals surface area contributed by atoms with E-state index in [9.17, 15) is 17.6 Å². The Morgan fingerprint density at radius 2 is 1.90 bits per heavy atom. The van der Waals surface area contributed by atoms with Crippen LogP contribution in [0.3, 0.4) is 0 Å². The fourth-order valence-electron chi connectivity index (χ4n) is 3.40. The van der Waals surface area contributed by atoms with Crippen molar-refractivity contribution in [2.45, 2.75) is 56.8 Å². The number of likely N-dealkylation sites (tertiary alicyclic amines) is 1. The molecule has 0 atom stereocenters. The van der Waals surface area contributed by atoms with E-state index < -0.39 is 15.7 Å². The average molecular weight is 430 g/mol. The molecule has 0 spiro atoms. The third-order valence-electron chi connectivity index (χ3n) is 5.17. The molecule has 0 aromatic heterocycles. The molecule has 0 radical (unpaired) electrons. The molecule has 29 heavy (non-hydrogen) atoms. The van der Waals surface area contributed by atoms with Crippen LogP contribution in [0.4, 0.5) is 9.18 Å². The molecule has 0 N–H and O–H groups in total. The zero-order chi connectivity index (χ0) is 21.3. The van der Waals surface area contributed by atoms with Crippen LogP contribution < -0.4 is 4.74 Å². The summed E-state index contributed by atoms with van der Waals surface area (Å²) in [5, 5.41) is 0. The molecule has 1 heterocycles. The Labute approximate surface area is 173 Å². The SMILES string of the molecule is CCCCOC(=O)N1CCC(CCCCOc2ccc(S(C)(=O)=O)c(F)c2)CC1. The molecule has 6 nitrogen and oxygen atoms in total. The van der Waals surface area contributed by atoms with Gasteiger partial charge in [-0.1, -0.05) is 19.8 Å². The second-order valence-corrected chi connectivity index (χ2v) is 9.59. The van der Waals surface area contributed by atoms with Crippen molar-refractivity contribution in [2.75, 3.05) is 32.6 Å². The predicted molar refractivity (Wildman–Crippen MR) is 109 cm³/mol. The summed E-state index contributed by atoms with van der Waals surface area (Å²) in [6.07, 6.45) is 7.58. The number of carbonyl (C=O) groups excluding carboxylic acids is 1. The lowest BCUT2D eigenvalue weighted by atomic mass is 9.92. The van der Waals surface area contributed by atoms with Crippen molar-refractivity contribution in [3.8, 4) is 5.75 Å². The Morgan fingerprint density at radius 3 is 2.52 bits per heavy atom. The third-order valence-corrected chi connectivity index (χ3v) is 6.30. The van der Waals surface area contributed by atoms with Gasteiger partial charge in [-0.3, -0.25) is 0 Å². The van der Waals surface area contributed by atoms with E-state index in [1.807, 2.05) is 0 Å². The molecule has 0 unspecified atom stereocenters. The van der Waals surface area contributed by atoms with Crippen molar-refractivity contribution >= 4 is 15.9 Å². The largest absolute Gasteiger partial charge is 0.493 e. The van der Waals surface area contributed by atoms with Crippen LogP contribution in [0.2, 0.25) is 0 Å². The highest BCUT2D eigenvalue weighted by Gasteiger charge is 2.23. The maximum atomic E-state index is 13.8. The van der Waals surface area contributed by atoms with Crippen LogP contribution in [0.15, 0.2) is 23.1 Å². The van der Waals surface area contributed by atoms with Crippen LogP contribution in [-0.4, -0.2) is 52.0 Å². The first-order valence-corrected chi connectivity index (χ1v) is 12.2. The van der Waals surface area contributed by atoms with Gasteiger partial charge in [-0.25, -0.2) is 17.6 Å². The van der Waals surface area contributed by atoms with Gasteiger partial charge in [-0.05, 0) is 50.2 Å². The van der Waals surface area contributed by atoms with Gasteiger partial charge in [0.25, 0.3) is 0 Å². The molecule has 164 valence electrons. The van der Waals surface area contributed by atoms with E-state index in [0.717, 1.165) is 70.4 Å². The second-order valence-electron chi connectivity index (χ2n) is 7.61. The highest BCUT2D eigenvalue weighted by atomic mass is 32.2. The summed E-state index contributed by atoms with van der Waals surface area (Å²) in [5.74, 6) is 0.149. The topological polar surface area (TPSA) is 72.9 Å². The van der Waals surface area contributed by atoms with Crippen LogP contribution in [0.1, 0.15) is 51.9 Å². The number of sulfone groups is 1. The minimum absolute atomic E-state index is 0.195. The van der Waals surface area contributed by atoms with Gasteiger partial charge in [-0.15, -0.1) is 0 Å². The molecule has 1 amide bonds. The zero-order valence-corrected chi connectivity index (χ0v) is 18.2. The Kier molecular flexibility index (Phi) is 9.20. The summed E-state index contributed by atoms with van der Waals surface area (Å²) in [6, 6.07) is 3.83. The molecule has 1 aromatic carbocycles. The van der Waals surface area contributed by atoms with E-state index >= 15 is 0 Å². The van der Waals surface area contributed by atoms with Gasteiger partial charge in [0.2, 0.25) is 0 Å². The zero-order valence-electron chi connectivity index (χ0n) is 17.4. The smallest absolute Gasteiger partial charge is 0.409 e.